The van der Waals surface area contributed by atoms with E-state index in [0.717, 1.165) is 64.4 Å². The monoisotopic (exact) mass is 310 g/mol. The van der Waals surface area contributed by atoms with Crippen molar-refractivity contribution in [2.75, 3.05) is 6.61 Å². The maximum absolute atomic E-state index is 12.2. The second-order valence-electron chi connectivity index (χ2n) is 7.69. The molecule has 1 heterocycles. The Hall–Kier alpha value is -0.410. The van der Waals surface area contributed by atoms with Gasteiger partial charge in [-0.2, -0.15) is 0 Å². The normalized spacial score (nSPS) is 35.1. The highest BCUT2D eigenvalue weighted by atomic mass is 16.5. The van der Waals surface area contributed by atoms with Crippen LogP contribution in [0.5, 0.6) is 0 Å². The van der Waals surface area contributed by atoms with Gasteiger partial charge in [0.05, 0.1) is 11.7 Å². The predicted molar refractivity (Wildman–Crippen MR) is 88.9 cm³/mol. The Morgan fingerprint density at radius 2 is 1.82 bits per heavy atom. The second kappa shape index (κ2) is 7.92. The Morgan fingerprint density at radius 3 is 2.32 bits per heavy atom. The minimum Gasteiger partial charge on any atom is -0.390 e. The number of unbranched alkanes of at least 4 members (excludes halogenated alkanes) is 2. The smallest absolute Gasteiger partial charge is 0.135 e. The number of aliphatic hydroxyl groups is 1. The van der Waals surface area contributed by atoms with Crippen LogP contribution in [0.2, 0.25) is 0 Å². The van der Waals surface area contributed by atoms with Gasteiger partial charge in [-0.25, -0.2) is 0 Å². The molecule has 1 aliphatic heterocycles. The summed E-state index contributed by atoms with van der Waals surface area (Å²) in [5, 5.41) is 10.8. The van der Waals surface area contributed by atoms with Gasteiger partial charge in [-0.15, -0.1) is 0 Å². The molecule has 2 fully saturated rings. The standard InChI is InChI=1S/C19H34O3/c1-3-4-5-9-18(16(2)20)11-13-19(21,14-12-18)10-6-7-17-8-15-22-17/h17,21H,3-15H2,1-2H3. The van der Waals surface area contributed by atoms with Crippen LogP contribution in [0.3, 0.4) is 0 Å². The van der Waals surface area contributed by atoms with Gasteiger partial charge in [-0.3, -0.25) is 4.79 Å². The van der Waals surface area contributed by atoms with Crippen LogP contribution in [0, 0.1) is 5.41 Å². The van der Waals surface area contributed by atoms with Crippen LogP contribution < -0.4 is 0 Å². The summed E-state index contributed by atoms with van der Waals surface area (Å²) in [5.41, 5.74) is -0.675. The van der Waals surface area contributed by atoms with Gasteiger partial charge >= 0.3 is 0 Å². The van der Waals surface area contributed by atoms with Crippen molar-refractivity contribution in [2.24, 2.45) is 5.41 Å². The first-order chi connectivity index (χ1) is 10.5. The molecule has 0 aromatic carbocycles. The van der Waals surface area contributed by atoms with Gasteiger partial charge < -0.3 is 9.84 Å². The number of Topliss-reactive ketones (excluding diaryl/α,β-unsaturated/α-hetero) is 1. The molecule has 1 unspecified atom stereocenters. The van der Waals surface area contributed by atoms with Crippen molar-refractivity contribution < 1.29 is 14.6 Å². The van der Waals surface area contributed by atoms with E-state index < -0.39 is 5.60 Å². The molecule has 2 rings (SSSR count). The fraction of sp³-hybridized carbons (Fsp3) is 0.947. The Balaban J connectivity index is 1.78. The molecule has 128 valence electrons. The lowest BCUT2D eigenvalue weighted by Crippen LogP contribution is -2.42. The molecule has 1 atom stereocenters. The van der Waals surface area contributed by atoms with Gasteiger partial charge in [-0.1, -0.05) is 26.2 Å². The average molecular weight is 310 g/mol. The van der Waals surface area contributed by atoms with Crippen molar-refractivity contribution >= 4 is 5.78 Å². The molecular formula is C19H34O3. The summed E-state index contributed by atoms with van der Waals surface area (Å²) in [7, 11) is 0. The molecule has 0 radical (unpaired) electrons. The number of carbonyl (C=O) groups excluding carboxylic acids is 1. The van der Waals surface area contributed by atoms with Crippen molar-refractivity contribution in [3.8, 4) is 0 Å². The first kappa shape index (κ1) is 17.9. The number of rotatable bonds is 9. The Labute approximate surface area is 135 Å². The van der Waals surface area contributed by atoms with E-state index in [1.165, 1.54) is 19.3 Å². The maximum atomic E-state index is 12.2. The average Bonchev–Trinajstić information content (AvgIpc) is 2.44. The summed E-state index contributed by atoms with van der Waals surface area (Å²) in [4.78, 5) is 12.2. The van der Waals surface area contributed by atoms with Crippen molar-refractivity contribution in [1.82, 2.24) is 0 Å². The molecule has 1 aliphatic carbocycles. The maximum Gasteiger partial charge on any atom is 0.135 e. The predicted octanol–water partition coefficient (Wildman–Crippen LogP) is 4.41. The van der Waals surface area contributed by atoms with Crippen LogP contribution in [0.4, 0.5) is 0 Å². The number of ketones is 1. The Morgan fingerprint density at radius 1 is 1.14 bits per heavy atom. The number of hydrogen-bond acceptors (Lipinski definition) is 3. The number of ether oxygens (including phenoxy) is 1. The third-order valence-corrected chi connectivity index (χ3v) is 6.11. The lowest BCUT2D eigenvalue weighted by Gasteiger charge is -2.43. The fourth-order valence-corrected chi connectivity index (χ4v) is 4.11. The minimum absolute atomic E-state index is 0.140. The minimum atomic E-state index is -0.534. The lowest BCUT2D eigenvalue weighted by molar-refractivity contribution is -0.133. The summed E-state index contributed by atoms with van der Waals surface area (Å²) < 4.78 is 5.45. The van der Waals surface area contributed by atoms with Gasteiger partial charge in [0.2, 0.25) is 0 Å². The van der Waals surface area contributed by atoms with Crippen LogP contribution in [0.25, 0.3) is 0 Å². The first-order valence-corrected chi connectivity index (χ1v) is 9.35. The zero-order valence-corrected chi connectivity index (χ0v) is 14.5. The van der Waals surface area contributed by atoms with Gasteiger partial charge in [0.15, 0.2) is 0 Å². The topological polar surface area (TPSA) is 46.5 Å². The van der Waals surface area contributed by atoms with Crippen LogP contribution in [-0.2, 0) is 9.53 Å². The highest BCUT2D eigenvalue weighted by Gasteiger charge is 2.43. The van der Waals surface area contributed by atoms with E-state index in [1.807, 2.05) is 0 Å². The van der Waals surface area contributed by atoms with Crippen molar-refractivity contribution in [3.05, 3.63) is 0 Å². The van der Waals surface area contributed by atoms with E-state index >= 15 is 0 Å². The Bertz CT molecular complexity index is 352. The van der Waals surface area contributed by atoms with Crippen LogP contribution in [-0.4, -0.2) is 29.2 Å². The molecule has 1 saturated heterocycles. The zero-order chi connectivity index (χ0) is 16.1. The van der Waals surface area contributed by atoms with E-state index in [0.29, 0.717) is 11.9 Å². The largest absolute Gasteiger partial charge is 0.390 e. The molecule has 22 heavy (non-hydrogen) atoms. The van der Waals surface area contributed by atoms with Crippen molar-refractivity contribution in [3.63, 3.8) is 0 Å². The number of hydrogen-bond donors (Lipinski definition) is 1. The van der Waals surface area contributed by atoms with Crippen LogP contribution >= 0.6 is 0 Å². The van der Waals surface area contributed by atoms with E-state index in [9.17, 15) is 9.90 Å². The van der Waals surface area contributed by atoms with E-state index in [-0.39, 0.29) is 5.41 Å². The van der Waals surface area contributed by atoms with Gasteiger partial charge in [0.1, 0.15) is 5.78 Å². The summed E-state index contributed by atoms with van der Waals surface area (Å²) in [6.07, 6.45) is 12.5. The quantitative estimate of drug-likeness (QED) is 0.642. The molecule has 2 aliphatic rings. The van der Waals surface area contributed by atoms with E-state index in [2.05, 4.69) is 6.92 Å². The fourth-order valence-electron chi connectivity index (χ4n) is 4.11. The molecule has 1 N–H and O–H groups in total. The third kappa shape index (κ3) is 4.55. The summed E-state index contributed by atoms with van der Waals surface area (Å²) >= 11 is 0. The van der Waals surface area contributed by atoms with Gasteiger partial charge in [-0.05, 0) is 64.7 Å². The number of carbonyl (C=O) groups is 1. The SMILES string of the molecule is CCCCCC1(C(C)=O)CCC(O)(CCCC2CCO2)CC1. The van der Waals surface area contributed by atoms with Crippen LogP contribution in [0.15, 0.2) is 0 Å². The zero-order valence-electron chi connectivity index (χ0n) is 14.5. The molecule has 3 heteroatoms. The summed E-state index contributed by atoms with van der Waals surface area (Å²) in [6, 6.07) is 0. The van der Waals surface area contributed by atoms with E-state index in [1.54, 1.807) is 6.92 Å². The Kier molecular flexibility index (Phi) is 6.46. The molecule has 0 bridgehead atoms. The first-order valence-electron chi connectivity index (χ1n) is 9.35. The molecule has 0 amide bonds. The van der Waals surface area contributed by atoms with Gasteiger partial charge in [0.25, 0.3) is 0 Å². The van der Waals surface area contributed by atoms with Gasteiger partial charge in [0, 0.05) is 12.0 Å². The van der Waals surface area contributed by atoms with Crippen molar-refractivity contribution in [2.45, 2.75) is 103 Å². The van der Waals surface area contributed by atoms with E-state index in [4.69, 9.17) is 4.74 Å². The molecule has 1 saturated carbocycles. The third-order valence-electron chi connectivity index (χ3n) is 6.11. The highest BCUT2D eigenvalue weighted by Crippen LogP contribution is 2.46. The summed E-state index contributed by atoms with van der Waals surface area (Å²) in [5.74, 6) is 0.341. The van der Waals surface area contributed by atoms with Crippen LogP contribution in [0.1, 0.15) is 90.9 Å². The highest BCUT2D eigenvalue weighted by molar-refractivity contribution is 5.82. The molecular weight excluding hydrogens is 276 g/mol. The molecule has 0 spiro atoms. The molecule has 3 nitrogen and oxygen atoms in total. The lowest BCUT2D eigenvalue weighted by atomic mass is 9.63. The molecule has 0 aromatic heterocycles. The summed E-state index contributed by atoms with van der Waals surface area (Å²) in [6.45, 7) is 4.87. The van der Waals surface area contributed by atoms with Crippen molar-refractivity contribution in [1.29, 1.82) is 0 Å². The second-order valence-corrected chi connectivity index (χ2v) is 7.69. The molecule has 0 aromatic rings.